The molecule has 5 heteroatoms. The first kappa shape index (κ1) is 13.8. The summed E-state index contributed by atoms with van der Waals surface area (Å²) in [4.78, 5) is 12.0. The minimum atomic E-state index is -4.47. The number of hydrogen-bond donors (Lipinski definition) is 0. The van der Waals surface area contributed by atoms with Crippen LogP contribution in [0.15, 0.2) is 42.5 Å². The molecule has 0 saturated heterocycles. The Hall–Kier alpha value is -2.17. The Labute approximate surface area is 118 Å². The van der Waals surface area contributed by atoms with E-state index in [-0.39, 0.29) is 23.7 Å². The van der Waals surface area contributed by atoms with Crippen molar-refractivity contribution < 1.29 is 22.4 Å². The van der Waals surface area contributed by atoms with E-state index in [1.165, 1.54) is 18.2 Å². The van der Waals surface area contributed by atoms with Crippen LogP contribution in [0.3, 0.4) is 0 Å². The molecule has 1 aliphatic rings. The number of carbonyl (C=O) groups excluding carboxylic acids is 1. The molecule has 0 spiro atoms. The summed E-state index contributed by atoms with van der Waals surface area (Å²) in [6, 6.07) is 8.90. The average Bonchev–Trinajstić information content (AvgIpc) is 2.76. The zero-order valence-corrected chi connectivity index (χ0v) is 10.7. The Bertz CT molecular complexity index is 701. The molecule has 2 aromatic rings. The van der Waals surface area contributed by atoms with Crippen LogP contribution in [0, 0.1) is 5.82 Å². The highest BCUT2D eigenvalue weighted by molar-refractivity contribution is 6.02. The molecule has 0 N–H and O–H groups in total. The summed E-state index contributed by atoms with van der Waals surface area (Å²) in [5.41, 5.74) is 0.580. The van der Waals surface area contributed by atoms with Gasteiger partial charge in [0.25, 0.3) is 0 Å². The Morgan fingerprint density at radius 2 is 1.67 bits per heavy atom. The lowest BCUT2D eigenvalue weighted by atomic mass is 9.92. The third kappa shape index (κ3) is 2.44. The van der Waals surface area contributed by atoms with E-state index in [4.69, 9.17) is 0 Å². The molecule has 0 aromatic heterocycles. The molecule has 0 amide bonds. The van der Waals surface area contributed by atoms with Gasteiger partial charge in [-0.2, -0.15) is 13.2 Å². The van der Waals surface area contributed by atoms with Crippen LogP contribution in [0.1, 0.15) is 39.4 Å². The first-order valence-corrected chi connectivity index (χ1v) is 6.36. The number of halogens is 4. The van der Waals surface area contributed by atoms with E-state index in [1.54, 1.807) is 12.1 Å². The lowest BCUT2D eigenvalue weighted by molar-refractivity contribution is -0.137. The van der Waals surface area contributed by atoms with Gasteiger partial charge in [0.1, 0.15) is 5.82 Å². The molecule has 1 aliphatic carbocycles. The molecule has 1 nitrogen and oxygen atoms in total. The summed E-state index contributed by atoms with van der Waals surface area (Å²) in [6.45, 7) is 0. The Kier molecular flexibility index (Phi) is 3.08. The number of hydrogen-bond acceptors (Lipinski definition) is 1. The number of benzene rings is 2. The number of rotatable bonds is 1. The molecule has 0 saturated carbocycles. The summed E-state index contributed by atoms with van der Waals surface area (Å²) in [6.07, 6.45) is -4.36. The molecule has 0 aliphatic heterocycles. The highest BCUT2D eigenvalue weighted by atomic mass is 19.4. The summed E-state index contributed by atoms with van der Waals surface area (Å²) in [5, 5.41) is 0. The number of carbonyl (C=O) groups is 1. The second-order valence-corrected chi connectivity index (χ2v) is 5.03. The zero-order valence-electron chi connectivity index (χ0n) is 10.7. The van der Waals surface area contributed by atoms with Crippen molar-refractivity contribution >= 4 is 5.78 Å². The van der Waals surface area contributed by atoms with Gasteiger partial charge in [-0.25, -0.2) is 4.39 Å². The summed E-state index contributed by atoms with van der Waals surface area (Å²) in [7, 11) is 0. The highest BCUT2D eigenvalue weighted by Crippen LogP contribution is 2.40. The molecule has 1 atom stereocenters. The van der Waals surface area contributed by atoms with Crippen molar-refractivity contribution in [1.29, 1.82) is 0 Å². The van der Waals surface area contributed by atoms with Crippen LogP contribution in [0.4, 0.5) is 17.6 Å². The first-order valence-electron chi connectivity index (χ1n) is 6.36. The molecule has 3 rings (SSSR count). The minimum absolute atomic E-state index is 0.110. The SMILES string of the molecule is O=C1C[C@@H](c2ccc(F)cc2)c2ccc(C(F)(F)F)cc21. The van der Waals surface area contributed by atoms with Gasteiger partial charge in [0.15, 0.2) is 5.78 Å². The van der Waals surface area contributed by atoms with Crippen molar-refractivity contribution in [3.05, 3.63) is 70.5 Å². The Balaban J connectivity index is 2.04. The Morgan fingerprint density at radius 3 is 2.29 bits per heavy atom. The lowest BCUT2D eigenvalue weighted by Gasteiger charge is -2.12. The second kappa shape index (κ2) is 4.69. The molecule has 0 radical (unpaired) electrons. The molecular weight excluding hydrogens is 284 g/mol. The Morgan fingerprint density at radius 1 is 1.00 bits per heavy atom. The van der Waals surface area contributed by atoms with Gasteiger partial charge < -0.3 is 0 Å². The maximum Gasteiger partial charge on any atom is 0.416 e. The standard InChI is InChI=1S/C16H10F4O/c17-11-4-1-9(2-5-11)13-8-15(21)14-7-10(16(18,19)20)3-6-12(13)14/h1-7,13H,8H2/t13-/m0/s1. The summed E-state index contributed by atoms with van der Waals surface area (Å²) < 4.78 is 51.0. The van der Waals surface area contributed by atoms with Gasteiger partial charge in [-0.15, -0.1) is 0 Å². The third-order valence-corrected chi connectivity index (χ3v) is 3.72. The molecule has 0 fully saturated rings. The van der Waals surface area contributed by atoms with Crippen LogP contribution >= 0.6 is 0 Å². The largest absolute Gasteiger partial charge is 0.416 e. The van der Waals surface area contributed by atoms with E-state index in [1.807, 2.05) is 0 Å². The van der Waals surface area contributed by atoms with Crippen LogP contribution in [0.2, 0.25) is 0 Å². The molecule has 0 bridgehead atoms. The van der Waals surface area contributed by atoms with Gasteiger partial charge in [-0.3, -0.25) is 4.79 Å². The van der Waals surface area contributed by atoms with E-state index >= 15 is 0 Å². The van der Waals surface area contributed by atoms with Gasteiger partial charge in [0, 0.05) is 17.9 Å². The van der Waals surface area contributed by atoms with E-state index in [9.17, 15) is 22.4 Å². The molecule has 2 aromatic carbocycles. The van der Waals surface area contributed by atoms with Crippen molar-refractivity contribution in [3.8, 4) is 0 Å². The topological polar surface area (TPSA) is 17.1 Å². The normalized spacial score (nSPS) is 17.9. The lowest BCUT2D eigenvalue weighted by Crippen LogP contribution is -2.06. The van der Waals surface area contributed by atoms with Gasteiger partial charge in [0.05, 0.1) is 5.56 Å². The summed E-state index contributed by atoms with van der Waals surface area (Å²) >= 11 is 0. The van der Waals surface area contributed by atoms with Crippen molar-refractivity contribution in [1.82, 2.24) is 0 Å². The van der Waals surface area contributed by atoms with Crippen LogP contribution in [-0.4, -0.2) is 5.78 Å². The smallest absolute Gasteiger partial charge is 0.294 e. The molecular formula is C16H10F4O. The highest BCUT2D eigenvalue weighted by Gasteiger charge is 2.35. The second-order valence-electron chi connectivity index (χ2n) is 5.03. The van der Waals surface area contributed by atoms with Crippen LogP contribution in [0.25, 0.3) is 0 Å². The number of ketones is 1. The monoisotopic (exact) mass is 294 g/mol. The van der Waals surface area contributed by atoms with E-state index in [2.05, 4.69) is 0 Å². The van der Waals surface area contributed by atoms with Crippen molar-refractivity contribution in [3.63, 3.8) is 0 Å². The maximum atomic E-state index is 12.9. The molecule has 0 unspecified atom stereocenters. The summed E-state index contributed by atoms with van der Waals surface area (Å²) in [5.74, 6) is -1.02. The van der Waals surface area contributed by atoms with Crippen LogP contribution in [-0.2, 0) is 6.18 Å². The maximum absolute atomic E-state index is 12.9. The third-order valence-electron chi connectivity index (χ3n) is 3.72. The van der Waals surface area contributed by atoms with Crippen molar-refractivity contribution in [2.75, 3.05) is 0 Å². The first-order chi connectivity index (χ1) is 9.86. The van der Waals surface area contributed by atoms with Crippen molar-refractivity contribution in [2.45, 2.75) is 18.5 Å². The average molecular weight is 294 g/mol. The fourth-order valence-electron chi connectivity index (χ4n) is 2.68. The van der Waals surface area contributed by atoms with Gasteiger partial charge in [-0.1, -0.05) is 18.2 Å². The van der Waals surface area contributed by atoms with Crippen LogP contribution < -0.4 is 0 Å². The minimum Gasteiger partial charge on any atom is -0.294 e. The van der Waals surface area contributed by atoms with Crippen molar-refractivity contribution in [2.24, 2.45) is 0 Å². The number of fused-ring (bicyclic) bond motifs is 1. The van der Waals surface area contributed by atoms with Gasteiger partial charge >= 0.3 is 6.18 Å². The number of alkyl halides is 3. The van der Waals surface area contributed by atoms with E-state index < -0.39 is 17.6 Å². The molecule has 21 heavy (non-hydrogen) atoms. The van der Waals surface area contributed by atoms with Gasteiger partial charge in [-0.05, 0) is 35.4 Å². The molecule has 108 valence electrons. The van der Waals surface area contributed by atoms with Crippen LogP contribution in [0.5, 0.6) is 0 Å². The zero-order chi connectivity index (χ0) is 15.2. The quantitative estimate of drug-likeness (QED) is 0.704. The molecule has 0 heterocycles. The predicted molar refractivity (Wildman–Crippen MR) is 68.6 cm³/mol. The van der Waals surface area contributed by atoms with E-state index in [0.717, 1.165) is 17.7 Å². The fraction of sp³-hybridized carbons (Fsp3) is 0.188. The van der Waals surface area contributed by atoms with Gasteiger partial charge in [0.2, 0.25) is 0 Å². The fourth-order valence-corrected chi connectivity index (χ4v) is 2.68. The van der Waals surface area contributed by atoms with E-state index in [0.29, 0.717) is 5.56 Å². The number of Topliss-reactive ketones (excluding diaryl/α,β-unsaturated/α-hetero) is 1. The predicted octanol–water partition coefficient (Wildman–Crippen LogP) is 4.56.